The molecule has 17 heavy (non-hydrogen) atoms. The van der Waals surface area contributed by atoms with Gasteiger partial charge >= 0.3 is 0 Å². The van der Waals surface area contributed by atoms with Crippen LogP contribution in [-0.4, -0.2) is 0 Å². The zero-order chi connectivity index (χ0) is 12.6. The highest BCUT2D eigenvalue weighted by molar-refractivity contribution is 7.15. The summed E-state index contributed by atoms with van der Waals surface area (Å²) in [5.74, 6) is -3.02. The molecule has 1 atom stereocenters. The molecule has 0 aliphatic carbocycles. The molecule has 0 aliphatic heterocycles. The molecule has 5 heteroatoms. The van der Waals surface area contributed by atoms with Crippen molar-refractivity contribution in [2.75, 3.05) is 0 Å². The smallest absolute Gasteiger partial charge is 0.161 e. The van der Waals surface area contributed by atoms with Gasteiger partial charge in [-0.25, -0.2) is 13.2 Å². The minimum atomic E-state index is -1.18. The molecule has 1 aromatic heterocycles. The second kappa shape index (κ2) is 4.50. The van der Waals surface area contributed by atoms with E-state index in [-0.39, 0.29) is 11.6 Å². The Balaban J connectivity index is 2.49. The van der Waals surface area contributed by atoms with Gasteiger partial charge in [-0.15, -0.1) is 11.3 Å². The van der Waals surface area contributed by atoms with Gasteiger partial charge in [-0.2, -0.15) is 0 Å². The van der Waals surface area contributed by atoms with Crippen molar-refractivity contribution in [3.05, 3.63) is 46.6 Å². The molecule has 1 unspecified atom stereocenters. The molecule has 0 spiro atoms. The summed E-state index contributed by atoms with van der Waals surface area (Å²) in [5.41, 5.74) is 5.74. The van der Waals surface area contributed by atoms with E-state index in [0.29, 0.717) is 10.9 Å². The Bertz CT molecular complexity index is 549. The second-order valence-corrected chi connectivity index (χ2v) is 4.85. The van der Waals surface area contributed by atoms with Crippen molar-refractivity contribution in [3.8, 4) is 10.4 Å². The Morgan fingerprint density at radius 3 is 2.29 bits per heavy atom. The average Bonchev–Trinajstić information content (AvgIpc) is 2.72. The molecular weight excluding hydrogens is 247 g/mol. The Morgan fingerprint density at radius 1 is 1.06 bits per heavy atom. The van der Waals surface area contributed by atoms with Crippen molar-refractivity contribution < 1.29 is 13.2 Å². The SMILES string of the molecule is CC(N)c1ccc(-c2cc(F)c(F)cc2F)s1. The van der Waals surface area contributed by atoms with Crippen LogP contribution in [0.15, 0.2) is 24.3 Å². The van der Waals surface area contributed by atoms with Crippen LogP contribution < -0.4 is 5.73 Å². The Morgan fingerprint density at radius 2 is 1.71 bits per heavy atom. The normalized spacial score (nSPS) is 12.8. The maximum absolute atomic E-state index is 13.5. The number of hydrogen-bond donors (Lipinski definition) is 1. The van der Waals surface area contributed by atoms with Gasteiger partial charge in [-0.3, -0.25) is 0 Å². The quantitative estimate of drug-likeness (QED) is 0.812. The lowest BCUT2D eigenvalue weighted by atomic mass is 10.1. The molecular formula is C12H10F3NS. The molecule has 0 saturated heterocycles. The van der Waals surface area contributed by atoms with E-state index >= 15 is 0 Å². The van der Waals surface area contributed by atoms with Gasteiger partial charge in [0.15, 0.2) is 11.6 Å². The van der Waals surface area contributed by atoms with E-state index in [1.807, 2.05) is 0 Å². The molecule has 0 amide bonds. The maximum atomic E-state index is 13.5. The molecule has 2 aromatic rings. The minimum absolute atomic E-state index is 0.0563. The van der Waals surface area contributed by atoms with Gasteiger partial charge in [0.05, 0.1) is 0 Å². The highest BCUT2D eigenvalue weighted by Crippen LogP contribution is 2.33. The summed E-state index contributed by atoms with van der Waals surface area (Å²) in [7, 11) is 0. The predicted octanol–water partition coefficient (Wildman–Crippen LogP) is 3.85. The van der Waals surface area contributed by atoms with Gasteiger partial charge in [0.25, 0.3) is 0 Å². The monoisotopic (exact) mass is 257 g/mol. The highest BCUT2D eigenvalue weighted by atomic mass is 32.1. The van der Waals surface area contributed by atoms with Gasteiger partial charge < -0.3 is 5.73 Å². The lowest BCUT2D eigenvalue weighted by Crippen LogP contribution is -2.01. The number of rotatable bonds is 2. The zero-order valence-electron chi connectivity index (χ0n) is 9.01. The van der Waals surface area contributed by atoms with Crippen LogP contribution in [0.1, 0.15) is 17.8 Å². The number of benzene rings is 1. The molecule has 2 rings (SSSR count). The summed E-state index contributed by atoms with van der Waals surface area (Å²) >= 11 is 1.27. The number of thiophene rings is 1. The van der Waals surface area contributed by atoms with Crippen LogP contribution in [0.25, 0.3) is 10.4 Å². The fourth-order valence-corrected chi connectivity index (χ4v) is 2.43. The summed E-state index contributed by atoms with van der Waals surface area (Å²) in [4.78, 5) is 1.40. The average molecular weight is 257 g/mol. The topological polar surface area (TPSA) is 26.0 Å². The van der Waals surface area contributed by atoms with E-state index in [4.69, 9.17) is 5.73 Å². The molecule has 1 nitrogen and oxygen atoms in total. The fraction of sp³-hybridized carbons (Fsp3) is 0.167. The molecule has 0 bridgehead atoms. The van der Waals surface area contributed by atoms with E-state index in [1.54, 1.807) is 19.1 Å². The van der Waals surface area contributed by atoms with Crippen molar-refractivity contribution in [2.24, 2.45) is 5.73 Å². The van der Waals surface area contributed by atoms with Gasteiger partial charge in [-0.05, 0) is 25.1 Å². The third kappa shape index (κ3) is 2.35. The summed E-state index contributed by atoms with van der Waals surface area (Å²) in [6.07, 6.45) is 0. The lowest BCUT2D eigenvalue weighted by molar-refractivity contribution is 0.496. The van der Waals surface area contributed by atoms with Crippen LogP contribution in [0.5, 0.6) is 0 Å². The molecule has 1 aromatic carbocycles. The van der Waals surface area contributed by atoms with Gasteiger partial charge in [0, 0.05) is 27.4 Å². The van der Waals surface area contributed by atoms with Crippen molar-refractivity contribution in [3.63, 3.8) is 0 Å². The van der Waals surface area contributed by atoms with Crippen LogP contribution in [-0.2, 0) is 0 Å². The van der Waals surface area contributed by atoms with Crippen LogP contribution in [0.4, 0.5) is 13.2 Å². The first-order valence-corrected chi connectivity index (χ1v) is 5.81. The number of hydrogen-bond acceptors (Lipinski definition) is 2. The van der Waals surface area contributed by atoms with Crippen molar-refractivity contribution in [1.82, 2.24) is 0 Å². The summed E-state index contributed by atoms with van der Waals surface area (Å²) < 4.78 is 39.3. The summed E-state index contributed by atoms with van der Waals surface area (Å²) in [5, 5.41) is 0. The Kier molecular flexibility index (Phi) is 3.22. The van der Waals surface area contributed by atoms with E-state index in [0.717, 1.165) is 10.9 Å². The maximum Gasteiger partial charge on any atom is 0.161 e. The molecule has 90 valence electrons. The van der Waals surface area contributed by atoms with Crippen molar-refractivity contribution in [2.45, 2.75) is 13.0 Å². The summed E-state index contributed by atoms with van der Waals surface area (Å²) in [6, 6.07) is 4.66. The fourth-order valence-electron chi connectivity index (χ4n) is 1.45. The van der Waals surface area contributed by atoms with Gasteiger partial charge in [0.2, 0.25) is 0 Å². The van der Waals surface area contributed by atoms with Crippen molar-refractivity contribution in [1.29, 1.82) is 0 Å². The zero-order valence-corrected chi connectivity index (χ0v) is 9.82. The van der Waals surface area contributed by atoms with Crippen molar-refractivity contribution >= 4 is 11.3 Å². The van der Waals surface area contributed by atoms with E-state index in [9.17, 15) is 13.2 Å². The first-order chi connectivity index (χ1) is 7.99. The largest absolute Gasteiger partial charge is 0.324 e. The first kappa shape index (κ1) is 12.1. The van der Waals surface area contributed by atoms with Crippen LogP contribution in [0, 0.1) is 17.5 Å². The molecule has 1 heterocycles. The second-order valence-electron chi connectivity index (χ2n) is 3.74. The third-order valence-corrected chi connectivity index (χ3v) is 3.67. The van der Waals surface area contributed by atoms with E-state index in [2.05, 4.69) is 0 Å². The minimum Gasteiger partial charge on any atom is -0.324 e. The van der Waals surface area contributed by atoms with E-state index in [1.165, 1.54) is 11.3 Å². The van der Waals surface area contributed by atoms with E-state index < -0.39 is 17.5 Å². The Labute approximate surface area is 101 Å². The van der Waals surface area contributed by atoms with Gasteiger partial charge in [0.1, 0.15) is 5.82 Å². The van der Waals surface area contributed by atoms with Gasteiger partial charge in [-0.1, -0.05) is 0 Å². The first-order valence-electron chi connectivity index (χ1n) is 4.99. The molecule has 0 radical (unpaired) electrons. The number of halogens is 3. The molecule has 2 N–H and O–H groups in total. The highest BCUT2D eigenvalue weighted by Gasteiger charge is 2.14. The molecule has 0 saturated carbocycles. The van der Waals surface area contributed by atoms with Crippen LogP contribution >= 0.6 is 11.3 Å². The van der Waals surface area contributed by atoms with Crippen LogP contribution in [0.2, 0.25) is 0 Å². The summed E-state index contributed by atoms with van der Waals surface area (Å²) in [6.45, 7) is 1.80. The van der Waals surface area contributed by atoms with Crippen LogP contribution in [0.3, 0.4) is 0 Å². The molecule has 0 fully saturated rings. The molecule has 0 aliphatic rings. The number of nitrogens with two attached hydrogens (primary N) is 1. The standard InChI is InChI=1S/C12H10F3NS/c1-6(16)11-2-3-12(17-11)7-4-9(14)10(15)5-8(7)13/h2-6H,16H2,1H3. The Hall–Kier alpha value is -1.33. The third-order valence-electron chi connectivity index (χ3n) is 2.35. The predicted molar refractivity (Wildman–Crippen MR) is 62.2 cm³/mol. The lowest BCUT2D eigenvalue weighted by Gasteiger charge is -2.02.